The van der Waals surface area contributed by atoms with Crippen LogP contribution in [0.2, 0.25) is 0 Å². The van der Waals surface area contributed by atoms with Gasteiger partial charge in [0.25, 0.3) is 0 Å². The lowest BCUT2D eigenvalue weighted by molar-refractivity contribution is 0.332. The van der Waals surface area contributed by atoms with Crippen LogP contribution in [-0.4, -0.2) is 35.0 Å². The van der Waals surface area contributed by atoms with Crippen molar-refractivity contribution in [2.75, 3.05) is 20.1 Å². The number of nitrogens with two attached hydrogens (primary N) is 1. The molecule has 66 valence electrons. The standard InChI is InChI=1S/C8H14N4/c1-12(5-3-9)6-8-2-4-10-7-11-8/h2,4,7H,3,5-6,9H2,1H3. The minimum absolute atomic E-state index is 0.682. The molecule has 0 aromatic carbocycles. The predicted molar refractivity (Wildman–Crippen MR) is 47.4 cm³/mol. The number of hydrogen-bond donors (Lipinski definition) is 1. The summed E-state index contributed by atoms with van der Waals surface area (Å²) in [4.78, 5) is 10.1. The van der Waals surface area contributed by atoms with E-state index >= 15 is 0 Å². The summed E-state index contributed by atoms with van der Waals surface area (Å²) < 4.78 is 0. The Morgan fingerprint density at radius 2 is 2.42 bits per heavy atom. The van der Waals surface area contributed by atoms with E-state index in [4.69, 9.17) is 5.73 Å². The Kier molecular flexibility index (Phi) is 3.63. The first-order valence-electron chi connectivity index (χ1n) is 3.96. The normalized spacial score (nSPS) is 10.6. The fraction of sp³-hybridized carbons (Fsp3) is 0.500. The molecule has 1 aromatic heterocycles. The van der Waals surface area contributed by atoms with E-state index in [1.165, 1.54) is 0 Å². The minimum atomic E-state index is 0.682. The number of aromatic nitrogens is 2. The summed E-state index contributed by atoms with van der Waals surface area (Å²) >= 11 is 0. The Balaban J connectivity index is 2.41. The molecule has 0 bridgehead atoms. The molecule has 0 fully saturated rings. The van der Waals surface area contributed by atoms with Gasteiger partial charge in [0, 0.05) is 25.8 Å². The molecular formula is C8H14N4. The molecule has 0 aliphatic heterocycles. The van der Waals surface area contributed by atoms with Gasteiger partial charge < -0.3 is 5.73 Å². The topological polar surface area (TPSA) is 55.0 Å². The molecule has 0 atom stereocenters. The summed E-state index contributed by atoms with van der Waals surface area (Å²) in [6.45, 7) is 2.41. The predicted octanol–water partition coefficient (Wildman–Crippen LogP) is -0.133. The van der Waals surface area contributed by atoms with Crippen LogP contribution in [0.4, 0.5) is 0 Å². The van der Waals surface area contributed by atoms with Crippen molar-refractivity contribution in [3.8, 4) is 0 Å². The van der Waals surface area contributed by atoms with Crippen LogP contribution in [0.3, 0.4) is 0 Å². The number of rotatable bonds is 4. The Bertz CT molecular complexity index is 212. The molecule has 1 heterocycles. The zero-order valence-electron chi connectivity index (χ0n) is 7.27. The maximum absolute atomic E-state index is 5.41. The molecule has 1 aromatic rings. The maximum Gasteiger partial charge on any atom is 0.115 e. The summed E-state index contributed by atoms with van der Waals surface area (Å²) in [6, 6.07) is 1.91. The van der Waals surface area contributed by atoms with Crippen molar-refractivity contribution >= 4 is 0 Å². The molecule has 4 nitrogen and oxygen atoms in total. The molecule has 0 unspecified atom stereocenters. The zero-order chi connectivity index (χ0) is 8.81. The summed E-state index contributed by atoms with van der Waals surface area (Å²) in [5.74, 6) is 0. The Hall–Kier alpha value is -1.00. The molecule has 0 radical (unpaired) electrons. The highest BCUT2D eigenvalue weighted by molar-refractivity contribution is 4.96. The fourth-order valence-electron chi connectivity index (χ4n) is 0.988. The zero-order valence-corrected chi connectivity index (χ0v) is 7.27. The largest absolute Gasteiger partial charge is 0.329 e. The van der Waals surface area contributed by atoms with Crippen molar-refractivity contribution in [1.82, 2.24) is 14.9 Å². The highest BCUT2D eigenvalue weighted by Gasteiger charge is 1.98. The number of hydrogen-bond acceptors (Lipinski definition) is 4. The Morgan fingerprint density at radius 1 is 1.58 bits per heavy atom. The van der Waals surface area contributed by atoms with Gasteiger partial charge in [0.1, 0.15) is 6.33 Å². The lowest BCUT2D eigenvalue weighted by Gasteiger charge is -2.13. The van der Waals surface area contributed by atoms with Gasteiger partial charge in [0.15, 0.2) is 0 Å². The van der Waals surface area contributed by atoms with Crippen molar-refractivity contribution in [3.63, 3.8) is 0 Å². The summed E-state index contributed by atoms with van der Waals surface area (Å²) in [5, 5.41) is 0. The first-order valence-corrected chi connectivity index (χ1v) is 3.96. The molecule has 2 N–H and O–H groups in total. The second-order valence-corrected chi connectivity index (χ2v) is 2.73. The van der Waals surface area contributed by atoms with Crippen LogP contribution in [-0.2, 0) is 6.54 Å². The highest BCUT2D eigenvalue weighted by atomic mass is 15.1. The van der Waals surface area contributed by atoms with E-state index in [1.54, 1.807) is 12.5 Å². The minimum Gasteiger partial charge on any atom is -0.329 e. The van der Waals surface area contributed by atoms with E-state index in [0.717, 1.165) is 18.8 Å². The van der Waals surface area contributed by atoms with Gasteiger partial charge in [-0.05, 0) is 13.1 Å². The molecule has 12 heavy (non-hydrogen) atoms. The molecule has 4 heteroatoms. The van der Waals surface area contributed by atoms with Crippen molar-refractivity contribution in [1.29, 1.82) is 0 Å². The lowest BCUT2D eigenvalue weighted by atomic mass is 10.4. The van der Waals surface area contributed by atoms with Crippen LogP contribution in [0.5, 0.6) is 0 Å². The third-order valence-corrected chi connectivity index (χ3v) is 1.59. The molecule has 1 rings (SSSR count). The highest BCUT2D eigenvalue weighted by Crippen LogP contribution is 1.95. The van der Waals surface area contributed by atoms with Crippen molar-refractivity contribution in [3.05, 3.63) is 24.3 Å². The van der Waals surface area contributed by atoms with Gasteiger partial charge in [-0.25, -0.2) is 9.97 Å². The monoisotopic (exact) mass is 166 g/mol. The van der Waals surface area contributed by atoms with Crippen LogP contribution in [0.1, 0.15) is 5.69 Å². The molecule has 0 aliphatic carbocycles. The van der Waals surface area contributed by atoms with Gasteiger partial charge in [0.05, 0.1) is 5.69 Å². The van der Waals surface area contributed by atoms with Gasteiger partial charge in [-0.1, -0.05) is 0 Å². The van der Waals surface area contributed by atoms with E-state index in [2.05, 4.69) is 14.9 Å². The molecule has 0 amide bonds. The van der Waals surface area contributed by atoms with E-state index < -0.39 is 0 Å². The van der Waals surface area contributed by atoms with Gasteiger partial charge in [0.2, 0.25) is 0 Å². The van der Waals surface area contributed by atoms with Gasteiger partial charge >= 0.3 is 0 Å². The van der Waals surface area contributed by atoms with Gasteiger partial charge in [-0.15, -0.1) is 0 Å². The van der Waals surface area contributed by atoms with Gasteiger partial charge in [-0.2, -0.15) is 0 Å². The number of nitrogens with zero attached hydrogens (tertiary/aromatic N) is 3. The van der Waals surface area contributed by atoms with Crippen LogP contribution < -0.4 is 5.73 Å². The van der Waals surface area contributed by atoms with Crippen LogP contribution >= 0.6 is 0 Å². The lowest BCUT2D eigenvalue weighted by Crippen LogP contribution is -2.25. The number of likely N-dealkylation sites (N-methyl/N-ethyl adjacent to an activating group) is 1. The van der Waals surface area contributed by atoms with Crippen LogP contribution in [0.25, 0.3) is 0 Å². The third kappa shape index (κ3) is 2.94. The quantitative estimate of drug-likeness (QED) is 0.677. The fourth-order valence-corrected chi connectivity index (χ4v) is 0.988. The van der Waals surface area contributed by atoms with E-state index in [9.17, 15) is 0 Å². The average Bonchev–Trinajstić information content (AvgIpc) is 2.06. The summed E-state index contributed by atoms with van der Waals surface area (Å²) in [5.41, 5.74) is 6.44. The van der Waals surface area contributed by atoms with Crippen molar-refractivity contribution in [2.45, 2.75) is 6.54 Å². The SMILES string of the molecule is CN(CCN)Cc1ccncn1. The van der Waals surface area contributed by atoms with Crippen molar-refractivity contribution in [2.24, 2.45) is 5.73 Å². The smallest absolute Gasteiger partial charge is 0.115 e. The Morgan fingerprint density at radius 3 is 3.00 bits per heavy atom. The molecule has 0 saturated heterocycles. The second-order valence-electron chi connectivity index (χ2n) is 2.73. The van der Waals surface area contributed by atoms with Crippen molar-refractivity contribution < 1.29 is 0 Å². The maximum atomic E-state index is 5.41. The summed E-state index contributed by atoms with van der Waals surface area (Å²) in [7, 11) is 2.02. The molecule has 0 saturated carbocycles. The van der Waals surface area contributed by atoms with E-state index in [-0.39, 0.29) is 0 Å². The first kappa shape index (κ1) is 9.09. The molecule has 0 aliphatic rings. The first-order chi connectivity index (χ1) is 5.83. The third-order valence-electron chi connectivity index (χ3n) is 1.59. The van der Waals surface area contributed by atoms with Crippen LogP contribution in [0.15, 0.2) is 18.6 Å². The van der Waals surface area contributed by atoms with Crippen LogP contribution in [0, 0.1) is 0 Å². The Labute approximate surface area is 72.4 Å². The molecule has 0 spiro atoms. The van der Waals surface area contributed by atoms with Gasteiger partial charge in [-0.3, -0.25) is 4.90 Å². The van der Waals surface area contributed by atoms with E-state index in [0.29, 0.717) is 6.54 Å². The average molecular weight is 166 g/mol. The molecular weight excluding hydrogens is 152 g/mol. The summed E-state index contributed by atoms with van der Waals surface area (Å²) in [6.07, 6.45) is 3.31. The second kappa shape index (κ2) is 4.79. The van der Waals surface area contributed by atoms with E-state index in [1.807, 2.05) is 13.1 Å².